The Kier molecular flexibility index (Phi) is 5.97. The summed E-state index contributed by atoms with van der Waals surface area (Å²) >= 11 is 1.40. The average molecular weight is 385 g/mol. The maximum absolute atomic E-state index is 12.7. The first-order chi connectivity index (χ1) is 13.1. The predicted octanol–water partition coefficient (Wildman–Crippen LogP) is 2.05. The predicted molar refractivity (Wildman–Crippen MR) is 102 cm³/mol. The first-order valence-corrected chi connectivity index (χ1v) is 9.27. The highest BCUT2D eigenvalue weighted by Gasteiger charge is 2.18. The molecule has 3 aromatic rings. The average Bonchev–Trinajstić information content (AvgIpc) is 3.17. The van der Waals surface area contributed by atoms with E-state index in [1.165, 1.54) is 34.2 Å². The van der Waals surface area contributed by atoms with Crippen LogP contribution in [-0.2, 0) is 27.4 Å². The standard InChI is InChI=1S/C19H19N3O4S/c1-26-17(24)12-22(11-14-5-3-2-4-6-14)16(23)7-9-21-13-20-18-15(19(21)25)8-10-27-18/h2-6,8,10,13H,7,9,11-12H2,1H3. The SMILES string of the molecule is COC(=O)CN(Cc1ccccc1)C(=O)CCn1cnc2sccc2c1=O. The molecule has 8 heteroatoms. The Morgan fingerprint density at radius 1 is 1.22 bits per heavy atom. The number of aromatic nitrogens is 2. The van der Waals surface area contributed by atoms with Gasteiger partial charge in [-0.15, -0.1) is 11.3 Å². The second kappa shape index (κ2) is 8.59. The van der Waals surface area contributed by atoms with E-state index in [-0.39, 0.29) is 31.0 Å². The Hall–Kier alpha value is -3.00. The molecule has 1 aromatic carbocycles. The van der Waals surface area contributed by atoms with Gasteiger partial charge in [-0.2, -0.15) is 0 Å². The zero-order chi connectivity index (χ0) is 19.2. The Labute approximate surface area is 159 Å². The van der Waals surface area contributed by atoms with Crippen LogP contribution in [0.15, 0.2) is 52.9 Å². The summed E-state index contributed by atoms with van der Waals surface area (Å²) in [4.78, 5) is 43.1. The minimum atomic E-state index is -0.488. The number of benzene rings is 1. The summed E-state index contributed by atoms with van der Waals surface area (Å²) in [5.41, 5.74) is 0.741. The number of hydrogen-bond donors (Lipinski definition) is 0. The van der Waals surface area contributed by atoms with Crippen molar-refractivity contribution in [1.29, 1.82) is 0 Å². The second-order valence-corrected chi connectivity index (χ2v) is 6.84. The fourth-order valence-electron chi connectivity index (χ4n) is 2.68. The van der Waals surface area contributed by atoms with Gasteiger partial charge in [0, 0.05) is 19.5 Å². The fourth-order valence-corrected chi connectivity index (χ4v) is 3.41. The molecule has 2 heterocycles. The smallest absolute Gasteiger partial charge is 0.325 e. The van der Waals surface area contributed by atoms with Crippen LogP contribution in [-0.4, -0.2) is 40.0 Å². The van der Waals surface area contributed by atoms with Crippen molar-refractivity contribution >= 4 is 33.4 Å². The van der Waals surface area contributed by atoms with Crippen LogP contribution in [0.4, 0.5) is 0 Å². The lowest BCUT2D eigenvalue weighted by Crippen LogP contribution is -2.36. The molecule has 2 aromatic heterocycles. The summed E-state index contributed by atoms with van der Waals surface area (Å²) in [7, 11) is 1.29. The molecule has 0 bridgehead atoms. The fraction of sp³-hybridized carbons (Fsp3) is 0.263. The van der Waals surface area contributed by atoms with E-state index in [1.807, 2.05) is 35.7 Å². The number of nitrogens with zero attached hydrogens (tertiary/aromatic N) is 3. The van der Waals surface area contributed by atoms with Gasteiger partial charge in [0.2, 0.25) is 5.91 Å². The van der Waals surface area contributed by atoms with Crippen LogP contribution in [0.5, 0.6) is 0 Å². The molecule has 0 radical (unpaired) electrons. The molecule has 0 fully saturated rings. The molecule has 7 nitrogen and oxygen atoms in total. The van der Waals surface area contributed by atoms with Gasteiger partial charge in [-0.25, -0.2) is 4.98 Å². The third-order valence-electron chi connectivity index (χ3n) is 4.13. The molecule has 27 heavy (non-hydrogen) atoms. The van der Waals surface area contributed by atoms with Crippen LogP contribution in [0, 0.1) is 0 Å². The third kappa shape index (κ3) is 4.59. The van der Waals surface area contributed by atoms with E-state index in [9.17, 15) is 14.4 Å². The number of methoxy groups -OCH3 is 1. The number of hydrogen-bond acceptors (Lipinski definition) is 6. The normalized spacial score (nSPS) is 10.7. The number of esters is 1. The number of rotatable bonds is 7. The van der Waals surface area contributed by atoms with E-state index in [0.29, 0.717) is 16.8 Å². The van der Waals surface area contributed by atoms with Crippen molar-refractivity contribution in [3.05, 3.63) is 64.0 Å². The van der Waals surface area contributed by atoms with Crippen molar-refractivity contribution in [2.75, 3.05) is 13.7 Å². The molecule has 140 valence electrons. The molecule has 0 aliphatic rings. The van der Waals surface area contributed by atoms with E-state index in [1.54, 1.807) is 6.07 Å². The van der Waals surface area contributed by atoms with Gasteiger partial charge in [-0.3, -0.25) is 19.0 Å². The molecule has 0 unspecified atom stereocenters. The number of carbonyl (C=O) groups excluding carboxylic acids is 2. The van der Waals surface area contributed by atoms with E-state index in [0.717, 1.165) is 5.56 Å². The summed E-state index contributed by atoms with van der Waals surface area (Å²) in [5.74, 6) is -0.723. The molecule has 1 amide bonds. The number of ether oxygens (including phenoxy) is 1. The maximum Gasteiger partial charge on any atom is 0.325 e. The van der Waals surface area contributed by atoms with Crippen LogP contribution in [0.25, 0.3) is 10.2 Å². The minimum absolute atomic E-state index is 0.0844. The van der Waals surface area contributed by atoms with Crippen LogP contribution in [0.2, 0.25) is 0 Å². The van der Waals surface area contributed by atoms with Crippen molar-refractivity contribution in [1.82, 2.24) is 14.5 Å². The van der Waals surface area contributed by atoms with Crippen LogP contribution in [0.1, 0.15) is 12.0 Å². The number of amides is 1. The first-order valence-electron chi connectivity index (χ1n) is 8.39. The Morgan fingerprint density at radius 2 is 2.00 bits per heavy atom. The van der Waals surface area contributed by atoms with E-state index in [2.05, 4.69) is 4.98 Å². The lowest BCUT2D eigenvalue weighted by molar-refractivity contribution is -0.147. The lowest BCUT2D eigenvalue weighted by Gasteiger charge is -2.22. The monoisotopic (exact) mass is 385 g/mol. The largest absolute Gasteiger partial charge is 0.468 e. The van der Waals surface area contributed by atoms with Gasteiger partial charge in [-0.1, -0.05) is 30.3 Å². The van der Waals surface area contributed by atoms with Gasteiger partial charge < -0.3 is 9.64 Å². The molecule has 0 saturated carbocycles. The van der Waals surface area contributed by atoms with Crippen molar-refractivity contribution < 1.29 is 14.3 Å². The highest BCUT2D eigenvalue weighted by atomic mass is 32.1. The minimum Gasteiger partial charge on any atom is -0.468 e. The molecule has 0 spiro atoms. The summed E-state index contributed by atoms with van der Waals surface area (Å²) < 4.78 is 6.12. The van der Waals surface area contributed by atoms with Crippen molar-refractivity contribution in [3.63, 3.8) is 0 Å². The molecule has 0 aliphatic heterocycles. The topological polar surface area (TPSA) is 81.5 Å². The molecule has 3 rings (SSSR count). The molecule has 0 aliphatic carbocycles. The Morgan fingerprint density at radius 3 is 2.74 bits per heavy atom. The van der Waals surface area contributed by atoms with Gasteiger partial charge in [0.25, 0.3) is 5.56 Å². The van der Waals surface area contributed by atoms with Crippen molar-refractivity contribution in [2.24, 2.45) is 0 Å². The first kappa shape index (κ1) is 18.8. The Bertz CT molecular complexity index is 997. The number of aryl methyl sites for hydroxylation is 1. The third-order valence-corrected chi connectivity index (χ3v) is 4.95. The lowest BCUT2D eigenvalue weighted by atomic mass is 10.2. The molecule has 0 N–H and O–H groups in total. The van der Waals surface area contributed by atoms with E-state index < -0.39 is 5.97 Å². The van der Waals surface area contributed by atoms with Crippen molar-refractivity contribution in [3.8, 4) is 0 Å². The summed E-state index contributed by atoms with van der Waals surface area (Å²) in [6.07, 6.45) is 1.54. The highest BCUT2D eigenvalue weighted by Crippen LogP contribution is 2.13. The van der Waals surface area contributed by atoms with Crippen LogP contribution >= 0.6 is 11.3 Å². The second-order valence-electron chi connectivity index (χ2n) is 5.94. The zero-order valence-electron chi connectivity index (χ0n) is 14.8. The summed E-state index contributed by atoms with van der Waals surface area (Å²) in [6, 6.07) is 11.1. The number of fused-ring (bicyclic) bond motifs is 1. The molecular formula is C19H19N3O4S. The Balaban J connectivity index is 1.71. The molecule has 0 saturated heterocycles. The van der Waals surface area contributed by atoms with Gasteiger partial charge in [-0.05, 0) is 17.0 Å². The van der Waals surface area contributed by atoms with Crippen LogP contribution < -0.4 is 5.56 Å². The van der Waals surface area contributed by atoms with E-state index >= 15 is 0 Å². The quantitative estimate of drug-likeness (QED) is 0.582. The number of thiophene rings is 1. The molecule has 0 atom stereocenters. The summed E-state index contributed by atoms with van der Waals surface area (Å²) in [6.45, 7) is 0.356. The van der Waals surface area contributed by atoms with Gasteiger partial charge in [0.15, 0.2) is 0 Å². The zero-order valence-corrected chi connectivity index (χ0v) is 15.6. The van der Waals surface area contributed by atoms with Gasteiger partial charge in [0.1, 0.15) is 11.4 Å². The maximum atomic E-state index is 12.7. The van der Waals surface area contributed by atoms with Crippen molar-refractivity contribution in [2.45, 2.75) is 19.5 Å². The highest BCUT2D eigenvalue weighted by molar-refractivity contribution is 7.16. The van der Waals surface area contributed by atoms with Gasteiger partial charge in [0.05, 0.1) is 18.8 Å². The summed E-state index contributed by atoms with van der Waals surface area (Å²) in [5, 5.41) is 2.36. The van der Waals surface area contributed by atoms with E-state index in [4.69, 9.17) is 4.74 Å². The van der Waals surface area contributed by atoms with Gasteiger partial charge >= 0.3 is 5.97 Å². The molecular weight excluding hydrogens is 366 g/mol. The van der Waals surface area contributed by atoms with Crippen LogP contribution in [0.3, 0.4) is 0 Å². The number of carbonyl (C=O) groups is 2.